The predicted molar refractivity (Wildman–Crippen MR) is 166 cm³/mol. The summed E-state index contributed by atoms with van der Waals surface area (Å²) < 4.78 is 6.39. The van der Waals surface area contributed by atoms with Crippen LogP contribution in [0.4, 0.5) is 11.4 Å². The van der Waals surface area contributed by atoms with Crippen molar-refractivity contribution in [1.29, 1.82) is 0 Å². The molecule has 210 valence electrons. The summed E-state index contributed by atoms with van der Waals surface area (Å²) in [5.41, 5.74) is 3.27. The minimum Gasteiger partial charge on any atom is -0.478 e. The number of carboxylic acids is 1. The Morgan fingerprint density at radius 1 is 1.05 bits per heavy atom. The number of anilines is 2. The average Bonchev–Trinajstić information content (AvgIpc) is 3.59. The summed E-state index contributed by atoms with van der Waals surface area (Å²) in [6.07, 6.45) is 4.04. The summed E-state index contributed by atoms with van der Waals surface area (Å²) in [7, 11) is 0. The number of furan rings is 1. The van der Waals surface area contributed by atoms with Gasteiger partial charge < -0.3 is 24.6 Å². The van der Waals surface area contributed by atoms with Crippen LogP contribution in [0, 0.1) is 5.92 Å². The number of carboxylic acid groups (broad SMARTS) is 1. The van der Waals surface area contributed by atoms with Crippen molar-refractivity contribution < 1.29 is 14.3 Å². The summed E-state index contributed by atoms with van der Waals surface area (Å²) in [5.74, 6) is 0.755. The SMILES string of the molecule is CC1CCN(c2ccc(N3C(=S)NC(c4ccccn4)C3c3ccc(-c4cc(C(=O)O)ccc4Cl)o3)cc2Cl)CC1. The Kier molecular flexibility index (Phi) is 7.64. The van der Waals surface area contributed by atoms with Crippen molar-refractivity contribution in [2.45, 2.75) is 31.8 Å². The Labute approximate surface area is 253 Å². The van der Waals surface area contributed by atoms with E-state index in [9.17, 15) is 9.90 Å². The number of hydrogen-bond donors (Lipinski definition) is 2. The summed E-state index contributed by atoms with van der Waals surface area (Å²) in [5, 5.41) is 14.5. The Balaban J connectivity index is 1.39. The van der Waals surface area contributed by atoms with Crippen molar-refractivity contribution in [3.63, 3.8) is 0 Å². The second kappa shape index (κ2) is 11.4. The minimum absolute atomic E-state index is 0.122. The number of nitrogens with zero attached hydrogens (tertiary/aromatic N) is 3. The highest BCUT2D eigenvalue weighted by molar-refractivity contribution is 7.80. The number of rotatable bonds is 6. The number of hydrogen-bond acceptors (Lipinski definition) is 5. The molecule has 2 aromatic heterocycles. The minimum atomic E-state index is -1.04. The largest absolute Gasteiger partial charge is 0.478 e. The van der Waals surface area contributed by atoms with Crippen LogP contribution in [0.5, 0.6) is 0 Å². The molecule has 2 atom stereocenters. The molecule has 4 aromatic rings. The van der Waals surface area contributed by atoms with Gasteiger partial charge in [-0.25, -0.2) is 4.79 Å². The van der Waals surface area contributed by atoms with Crippen LogP contribution in [0.2, 0.25) is 10.0 Å². The van der Waals surface area contributed by atoms with E-state index >= 15 is 0 Å². The van der Waals surface area contributed by atoms with Crippen LogP contribution in [-0.2, 0) is 0 Å². The van der Waals surface area contributed by atoms with Crippen LogP contribution in [0.1, 0.15) is 53.7 Å². The molecule has 4 heterocycles. The van der Waals surface area contributed by atoms with Gasteiger partial charge in [0.2, 0.25) is 0 Å². The molecule has 7 nitrogen and oxygen atoms in total. The van der Waals surface area contributed by atoms with Crippen molar-refractivity contribution in [2.75, 3.05) is 22.9 Å². The second-order valence-corrected chi connectivity index (χ2v) is 11.7. The van der Waals surface area contributed by atoms with E-state index in [-0.39, 0.29) is 11.6 Å². The number of thiocarbonyl (C=S) groups is 1. The summed E-state index contributed by atoms with van der Waals surface area (Å²) in [4.78, 5) is 20.5. The maximum Gasteiger partial charge on any atom is 0.335 e. The van der Waals surface area contributed by atoms with Crippen molar-refractivity contribution in [3.8, 4) is 11.3 Å². The fraction of sp³-hybridized carbons (Fsp3) is 0.258. The molecule has 2 fully saturated rings. The molecule has 0 radical (unpaired) electrons. The van der Waals surface area contributed by atoms with Crippen molar-refractivity contribution >= 4 is 57.9 Å². The molecule has 0 spiro atoms. The van der Waals surface area contributed by atoms with Gasteiger partial charge in [0.25, 0.3) is 0 Å². The number of piperidine rings is 1. The van der Waals surface area contributed by atoms with Crippen LogP contribution in [-0.4, -0.2) is 34.3 Å². The lowest BCUT2D eigenvalue weighted by Crippen LogP contribution is -2.33. The number of benzene rings is 2. The fourth-order valence-electron chi connectivity index (χ4n) is 5.58. The number of halogens is 2. The van der Waals surface area contributed by atoms with E-state index in [1.165, 1.54) is 12.1 Å². The third-order valence-corrected chi connectivity index (χ3v) is 8.78. The first-order valence-corrected chi connectivity index (χ1v) is 14.6. The van der Waals surface area contributed by atoms with E-state index in [2.05, 4.69) is 28.2 Å². The van der Waals surface area contributed by atoms with Gasteiger partial charge in [-0.3, -0.25) is 4.98 Å². The zero-order valence-corrected chi connectivity index (χ0v) is 24.6. The van der Waals surface area contributed by atoms with Crippen molar-refractivity contribution in [1.82, 2.24) is 10.3 Å². The Morgan fingerprint density at radius 3 is 2.56 bits per heavy atom. The summed E-state index contributed by atoms with van der Waals surface area (Å²) in [6, 6.07) is 19.3. The molecule has 2 saturated heterocycles. The number of nitrogens with one attached hydrogen (secondary N) is 1. The van der Waals surface area contributed by atoms with E-state index in [0.717, 1.165) is 48.9 Å². The molecule has 41 heavy (non-hydrogen) atoms. The van der Waals surface area contributed by atoms with Crippen molar-refractivity contribution in [2.24, 2.45) is 5.92 Å². The molecule has 2 aliphatic heterocycles. The summed E-state index contributed by atoms with van der Waals surface area (Å²) >= 11 is 19.2. The molecule has 2 aliphatic rings. The van der Waals surface area contributed by atoms with Gasteiger partial charge in [-0.2, -0.15) is 0 Å². The second-order valence-electron chi connectivity index (χ2n) is 10.5. The fourth-order valence-corrected chi connectivity index (χ4v) is 6.43. The lowest BCUT2D eigenvalue weighted by Gasteiger charge is -2.33. The summed E-state index contributed by atoms with van der Waals surface area (Å²) in [6.45, 7) is 4.25. The molecule has 0 bridgehead atoms. The molecule has 0 aliphatic carbocycles. The van der Waals surface area contributed by atoms with Gasteiger partial charge in [0.15, 0.2) is 5.11 Å². The Morgan fingerprint density at radius 2 is 1.85 bits per heavy atom. The maximum absolute atomic E-state index is 11.6. The first kappa shape index (κ1) is 27.6. The molecule has 2 N–H and O–H groups in total. The number of carbonyl (C=O) groups is 1. The first-order valence-electron chi connectivity index (χ1n) is 13.5. The van der Waals surface area contributed by atoms with Crippen LogP contribution < -0.4 is 15.1 Å². The molecule has 6 rings (SSSR count). The third kappa shape index (κ3) is 5.39. The van der Waals surface area contributed by atoms with Gasteiger partial charge in [0.05, 0.1) is 33.0 Å². The van der Waals surface area contributed by atoms with E-state index in [1.54, 1.807) is 18.3 Å². The first-order chi connectivity index (χ1) is 19.8. The number of aromatic carboxylic acids is 1. The van der Waals surface area contributed by atoms with Gasteiger partial charge >= 0.3 is 5.97 Å². The van der Waals surface area contributed by atoms with E-state index in [1.807, 2.05) is 41.3 Å². The predicted octanol–water partition coefficient (Wildman–Crippen LogP) is 7.76. The average molecular weight is 608 g/mol. The quantitative estimate of drug-likeness (QED) is 0.215. The van der Waals surface area contributed by atoms with Gasteiger partial charge in [-0.15, -0.1) is 0 Å². The number of pyridine rings is 1. The zero-order chi connectivity index (χ0) is 28.7. The topological polar surface area (TPSA) is 81.8 Å². The molecule has 2 aromatic carbocycles. The number of aromatic nitrogens is 1. The van der Waals surface area contributed by atoms with E-state index in [0.29, 0.717) is 32.2 Å². The highest BCUT2D eigenvalue weighted by atomic mass is 35.5. The lowest BCUT2D eigenvalue weighted by atomic mass is 9.98. The monoisotopic (exact) mass is 606 g/mol. The van der Waals surface area contributed by atoms with Gasteiger partial charge in [0, 0.05) is 30.5 Å². The molecule has 0 amide bonds. The van der Waals surface area contributed by atoms with Crippen molar-refractivity contribution in [3.05, 3.63) is 100.0 Å². The third-order valence-electron chi connectivity index (χ3n) is 7.83. The normalized spacial score (nSPS) is 19.4. The Bertz CT molecular complexity index is 1600. The smallest absolute Gasteiger partial charge is 0.335 e. The van der Waals surface area contributed by atoms with Crippen LogP contribution in [0.25, 0.3) is 11.3 Å². The zero-order valence-electron chi connectivity index (χ0n) is 22.3. The maximum atomic E-state index is 11.6. The Hall–Kier alpha value is -3.59. The van der Waals surface area contributed by atoms with Gasteiger partial charge in [-0.1, -0.05) is 36.2 Å². The van der Waals surface area contributed by atoms with E-state index < -0.39 is 12.0 Å². The standard InChI is InChI=1S/C31H28Cl2N4O3S/c1-18-11-14-36(15-12-18)25-8-6-20(17-23(25)33)37-29(28(35-31(37)41)24-4-2-3-13-34-24)27-10-9-26(40-27)21-16-19(30(38)39)5-7-22(21)32/h2-10,13,16-18,28-29H,11-12,14-15H2,1H3,(H,35,41)(H,38,39). The highest BCUT2D eigenvalue weighted by Crippen LogP contribution is 2.45. The molecular formula is C31H28Cl2N4O3S. The van der Waals surface area contributed by atoms with E-state index in [4.69, 9.17) is 39.8 Å². The molecule has 10 heteroatoms. The van der Waals surface area contributed by atoms with Crippen LogP contribution in [0.3, 0.4) is 0 Å². The molecule has 0 saturated carbocycles. The lowest BCUT2D eigenvalue weighted by molar-refractivity contribution is 0.0697. The molecule has 2 unspecified atom stereocenters. The van der Waals surface area contributed by atoms with Crippen LogP contribution >= 0.6 is 35.4 Å². The highest BCUT2D eigenvalue weighted by Gasteiger charge is 2.43. The molecular weight excluding hydrogens is 579 g/mol. The van der Waals surface area contributed by atoms with Crippen LogP contribution in [0.15, 0.2) is 77.3 Å². The van der Waals surface area contributed by atoms with Gasteiger partial charge in [0.1, 0.15) is 17.6 Å². The van der Waals surface area contributed by atoms with Gasteiger partial charge in [-0.05, 0) is 91.6 Å².